The van der Waals surface area contributed by atoms with Crippen LogP contribution in [0.25, 0.3) is 11.3 Å². The Bertz CT molecular complexity index is 1040. The van der Waals surface area contributed by atoms with Gasteiger partial charge in [0.1, 0.15) is 5.69 Å². The van der Waals surface area contributed by atoms with Gasteiger partial charge in [-0.3, -0.25) is 9.67 Å². The number of carbonyl (C=O) groups is 1. The third-order valence-corrected chi connectivity index (χ3v) is 5.77. The van der Waals surface area contributed by atoms with Crippen molar-refractivity contribution in [2.24, 2.45) is 4.99 Å². The van der Waals surface area contributed by atoms with E-state index in [0.717, 1.165) is 40.9 Å². The standard InChI is InChI=1S/C28H41N3O4/c1-10-12-17-33-27(32)35-21(5)34-26(25-19(3)20(4)30-31(25)11-2)24(18-29-9)22-13-15-23(16-14-22)28(6,7)8/h13-16,18,21H,10-12,17H2,1-9H3/b26-24-,29-18-. The summed E-state index contributed by atoms with van der Waals surface area (Å²) in [4.78, 5) is 16.5. The number of ether oxygens (including phenoxy) is 3. The van der Waals surface area contributed by atoms with Crippen LogP contribution in [-0.2, 0) is 26.2 Å². The molecule has 0 fully saturated rings. The van der Waals surface area contributed by atoms with Crippen molar-refractivity contribution >= 4 is 23.7 Å². The van der Waals surface area contributed by atoms with E-state index in [-0.39, 0.29) is 5.41 Å². The lowest BCUT2D eigenvalue weighted by Gasteiger charge is -2.22. The number of aliphatic imine (C=N–C) groups is 1. The van der Waals surface area contributed by atoms with Gasteiger partial charge in [0.25, 0.3) is 0 Å². The van der Waals surface area contributed by atoms with E-state index in [1.165, 1.54) is 5.56 Å². The number of rotatable bonds is 10. The lowest BCUT2D eigenvalue weighted by atomic mass is 9.86. The molecular formula is C28H41N3O4. The second kappa shape index (κ2) is 12.6. The van der Waals surface area contributed by atoms with Gasteiger partial charge in [0.2, 0.25) is 6.29 Å². The Labute approximate surface area is 210 Å². The van der Waals surface area contributed by atoms with Crippen molar-refractivity contribution in [3.8, 4) is 0 Å². The maximum absolute atomic E-state index is 12.2. The Morgan fingerprint density at radius 3 is 2.34 bits per heavy atom. The molecule has 1 unspecified atom stereocenters. The van der Waals surface area contributed by atoms with Crippen LogP contribution >= 0.6 is 0 Å². The molecule has 0 amide bonds. The molecule has 0 N–H and O–H groups in total. The van der Waals surface area contributed by atoms with E-state index < -0.39 is 12.4 Å². The molecule has 1 aromatic heterocycles. The Balaban J connectivity index is 2.59. The molecule has 0 radical (unpaired) electrons. The summed E-state index contributed by atoms with van der Waals surface area (Å²) in [6, 6.07) is 8.38. The molecule has 0 bridgehead atoms. The summed E-state index contributed by atoms with van der Waals surface area (Å²) in [6.45, 7) is 17.3. The summed E-state index contributed by atoms with van der Waals surface area (Å²) in [5, 5.41) is 4.68. The third-order valence-electron chi connectivity index (χ3n) is 5.77. The molecule has 1 atom stereocenters. The Morgan fingerprint density at radius 1 is 1.14 bits per heavy atom. The van der Waals surface area contributed by atoms with Gasteiger partial charge in [-0.25, -0.2) is 4.79 Å². The highest BCUT2D eigenvalue weighted by atomic mass is 16.8. The van der Waals surface area contributed by atoms with Crippen LogP contribution in [0, 0.1) is 13.8 Å². The number of aromatic nitrogens is 2. The van der Waals surface area contributed by atoms with E-state index in [9.17, 15) is 4.79 Å². The van der Waals surface area contributed by atoms with Gasteiger partial charge < -0.3 is 14.2 Å². The minimum Gasteiger partial charge on any atom is -0.452 e. The van der Waals surface area contributed by atoms with Gasteiger partial charge in [-0.1, -0.05) is 58.4 Å². The molecule has 192 valence electrons. The molecule has 35 heavy (non-hydrogen) atoms. The average Bonchev–Trinajstić information content (AvgIpc) is 3.09. The third kappa shape index (κ3) is 7.44. The van der Waals surface area contributed by atoms with E-state index in [4.69, 9.17) is 14.2 Å². The molecular weight excluding hydrogens is 442 g/mol. The fourth-order valence-corrected chi connectivity index (χ4v) is 3.64. The first-order valence-electron chi connectivity index (χ1n) is 12.3. The molecule has 7 nitrogen and oxygen atoms in total. The first kappa shape index (κ1) is 28.1. The van der Waals surface area contributed by atoms with Crippen LogP contribution in [-0.4, -0.2) is 42.1 Å². The van der Waals surface area contributed by atoms with E-state index in [0.29, 0.717) is 18.9 Å². The van der Waals surface area contributed by atoms with Crippen LogP contribution in [0.3, 0.4) is 0 Å². The van der Waals surface area contributed by atoms with Crippen molar-refractivity contribution in [1.29, 1.82) is 0 Å². The monoisotopic (exact) mass is 483 g/mol. The first-order valence-corrected chi connectivity index (χ1v) is 12.3. The largest absolute Gasteiger partial charge is 0.511 e. The zero-order valence-corrected chi connectivity index (χ0v) is 22.8. The number of unbranched alkanes of at least 4 members (excludes halogenated alkanes) is 1. The molecule has 0 aliphatic heterocycles. The number of hydrogen-bond acceptors (Lipinski definition) is 6. The summed E-state index contributed by atoms with van der Waals surface area (Å²) in [5.74, 6) is 0.549. The van der Waals surface area contributed by atoms with Crippen LogP contribution in [0.1, 0.15) is 82.5 Å². The smallest absolute Gasteiger partial charge is 0.452 e. The summed E-state index contributed by atoms with van der Waals surface area (Å²) < 4.78 is 18.8. The highest BCUT2D eigenvalue weighted by Crippen LogP contribution is 2.32. The Hall–Kier alpha value is -3.09. The van der Waals surface area contributed by atoms with E-state index in [1.807, 2.05) is 32.4 Å². The van der Waals surface area contributed by atoms with Crippen molar-refractivity contribution in [3.63, 3.8) is 0 Å². The van der Waals surface area contributed by atoms with Gasteiger partial charge in [-0.05, 0) is 43.7 Å². The van der Waals surface area contributed by atoms with Gasteiger partial charge in [0.05, 0.1) is 12.3 Å². The maximum atomic E-state index is 12.2. The van der Waals surface area contributed by atoms with Gasteiger partial charge in [0.15, 0.2) is 5.76 Å². The number of aryl methyl sites for hydroxylation is 2. The normalized spacial score (nSPS) is 13.5. The molecule has 7 heteroatoms. The van der Waals surface area contributed by atoms with Crippen molar-refractivity contribution in [1.82, 2.24) is 9.78 Å². The van der Waals surface area contributed by atoms with Crippen LogP contribution < -0.4 is 0 Å². The number of benzene rings is 1. The summed E-state index contributed by atoms with van der Waals surface area (Å²) in [6.07, 6.45) is 1.86. The quantitative estimate of drug-likeness (QED) is 0.124. The molecule has 2 rings (SSSR count). The SMILES string of the molecule is CCCCOC(=O)OC(C)O/C(=C(/C=N\C)c1ccc(C(C)(C)C)cc1)c1c(C)c(C)nn1CC. The second-order valence-electron chi connectivity index (χ2n) is 9.59. The molecule has 1 heterocycles. The van der Waals surface area contributed by atoms with Crippen LogP contribution in [0.5, 0.6) is 0 Å². The van der Waals surface area contributed by atoms with Gasteiger partial charge in [0, 0.05) is 37.9 Å². The van der Waals surface area contributed by atoms with Crippen LogP contribution in [0.4, 0.5) is 4.79 Å². The van der Waals surface area contributed by atoms with Gasteiger partial charge in [-0.15, -0.1) is 0 Å². The van der Waals surface area contributed by atoms with Crippen molar-refractivity contribution < 1.29 is 19.0 Å². The minimum atomic E-state index is -0.881. The molecule has 1 aromatic carbocycles. The number of nitrogens with zero attached hydrogens (tertiary/aromatic N) is 3. The molecule has 0 saturated carbocycles. The summed E-state index contributed by atoms with van der Waals surface area (Å²) in [5.41, 5.74) is 5.72. The number of allylic oxidation sites excluding steroid dienone is 1. The molecule has 0 aliphatic rings. The highest BCUT2D eigenvalue weighted by Gasteiger charge is 2.24. The second-order valence-corrected chi connectivity index (χ2v) is 9.59. The number of carbonyl (C=O) groups excluding carboxylic acids is 1. The predicted molar refractivity (Wildman–Crippen MR) is 142 cm³/mol. The molecule has 0 saturated heterocycles. The lowest BCUT2D eigenvalue weighted by molar-refractivity contribution is -0.0672. The average molecular weight is 484 g/mol. The fraction of sp³-hybridized carbons (Fsp3) is 0.536. The first-order chi connectivity index (χ1) is 16.5. The Morgan fingerprint density at radius 2 is 1.80 bits per heavy atom. The van der Waals surface area contributed by atoms with Crippen molar-refractivity contribution in [2.45, 2.75) is 86.5 Å². The van der Waals surface area contributed by atoms with E-state index >= 15 is 0 Å². The molecule has 0 aliphatic carbocycles. The summed E-state index contributed by atoms with van der Waals surface area (Å²) >= 11 is 0. The Kier molecular flexibility index (Phi) is 10.1. The molecule has 2 aromatic rings. The molecule has 0 spiro atoms. The van der Waals surface area contributed by atoms with Crippen LogP contribution in [0.2, 0.25) is 0 Å². The van der Waals surface area contributed by atoms with E-state index in [1.54, 1.807) is 20.2 Å². The van der Waals surface area contributed by atoms with E-state index in [2.05, 4.69) is 55.1 Å². The van der Waals surface area contributed by atoms with Gasteiger partial charge >= 0.3 is 6.16 Å². The zero-order chi connectivity index (χ0) is 26.2. The fourth-order valence-electron chi connectivity index (χ4n) is 3.64. The summed E-state index contributed by atoms with van der Waals surface area (Å²) in [7, 11) is 1.72. The lowest BCUT2D eigenvalue weighted by Crippen LogP contribution is -2.20. The topological polar surface area (TPSA) is 74.9 Å². The van der Waals surface area contributed by atoms with Crippen molar-refractivity contribution in [2.75, 3.05) is 13.7 Å². The maximum Gasteiger partial charge on any atom is 0.511 e. The van der Waals surface area contributed by atoms with Gasteiger partial charge in [-0.2, -0.15) is 5.10 Å². The zero-order valence-electron chi connectivity index (χ0n) is 22.8. The highest BCUT2D eigenvalue weighted by molar-refractivity contribution is 6.18. The minimum absolute atomic E-state index is 0.0373. The predicted octanol–water partition coefficient (Wildman–Crippen LogP) is 6.70. The van der Waals surface area contributed by atoms with Crippen LogP contribution in [0.15, 0.2) is 29.3 Å². The van der Waals surface area contributed by atoms with Crippen molar-refractivity contribution in [3.05, 3.63) is 52.3 Å². The number of hydrogen-bond donors (Lipinski definition) is 0.